The molecule has 1 aromatic heterocycles. The smallest absolute Gasteiger partial charge is 0.263 e. The highest BCUT2D eigenvalue weighted by Gasteiger charge is 2.23. The van der Waals surface area contributed by atoms with Gasteiger partial charge in [-0.2, -0.15) is 0 Å². The van der Waals surface area contributed by atoms with Crippen molar-refractivity contribution in [3.63, 3.8) is 0 Å². The highest BCUT2D eigenvalue weighted by atomic mass is 32.1. The number of hydrogen-bond donors (Lipinski definition) is 1. The van der Waals surface area contributed by atoms with E-state index in [4.69, 9.17) is 4.74 Å². The van der Waals surface area contributed by atoms with Gasteiger partial charge in [0.15, 0.2) is 0 Å². The lowest BCUT2D eigenvalue weighted by Crippen LogP contribution is -2.45. The molecule has 2 heterocycles. The van der Waals surface area contributed by atoms with Crippen LogP contribution in [0.2, 0.25) is 0 Å². The molecule has 1 unspecified atom stereocenters. The molecule has 1 amide bonds. The van der Waals surface area contributed by atoms with Gasteiger partial charge in [0.2, 0.25) is 0 Å². The Morgan fingerprint density at radius 3 is 3.21 bits per heavy atom. The molecule has 104 valence electrons. The van der Waals surface area contributed by atoms with Crippen LogP contribution in [0, 0.1) is 0 Å². The molecule has 1 aromatic rings. The van der Waals surface area contributed by atoms with Crippen LogP contribution in [0.25, 0.3) is 0 Å². The van der Waals surface area contributed by atoms with E-state index in [1.54, 1.807) is 16.2 Å². The lowest BCUT2D eigenvalue weighted by molar-refractivity contribution is 0.0105. The van der Waals surface area contributed by atoms with Gasteiger partial charge >= 0.3 is 0 Å². The van der Waals surface area contributed by atoms with Crippen molar-refractivity contribution in [3.05, 3.63) is 21.4 Å². The number of carbonyl (C=O) groups excluding carboxylic acids is 1. The number of aryl methyl sites for hydroxylation is 2. The summed E-state index contributed by atoms with van der Waals surface area (Å²) >= 11 is 1.67. The summed E-state index contributed by atoms with van der Waals surface area (Å²) in [5, 5.41) is 3.29. The maximum absolute atomic E-state index is 12.4. The Labute approximate surface area is 117 Å². The van der Waals surface area contributed by atoms with Crippen LogP contribution in [0.3, 0.4) is 0 Å². The Morgan fingerprint density at radius 2 is 2.47 bits per heavy atom. The quantitative estimate of drug-likeness (QED) is 0.907. The van der Waals surface area contributed by atoms with Crippen molar-refractivity contribution < 1.29 is 9.53 Å². The summed E-state index contributed by atoms with van der Waals surface area (Å²) < 4.78 is 5.64. The summed E-state index contributed by atoms with van der Waals surface area (Å²) in [7, 11) is 1.87. The lowest BCUT2D eigenvalue weighted by atomic mass is 10.2. The number of ether oxygens (including phenoxy) is 1. The molecule has 1 atom stereocenters. The largest absolute Gasteiger partial charge is 0.374 e. The Kier molecular flexibility index (Phi) is 3.86. The molecule has 1 aliphatic carbocycles. The van der Waals surface area contributed by atoms with Gasteiger partial charge in [-0.15, -0.1) is 11.3 Å². The minimum Gasteiger partial charge on any atom is -0.374 e. The fourth-order valence-corrected chi connectivity index (χ4v) is 4.00. The summed E-state index contributed by atoms with van der Waals surface area (Å²) in [4.78, 5) is 16.5. The van der Waals surface area contributed by atoms with E-state index in [0.29, 0.717) is 6.54 Å². The molecule has 0 saturated carbocycles. The minimum absolute atomic E-state index is 0.120. The minimum atomic E-state index is 0.120. The Morgan fingerprint density at radius 1 is 1.58 bits per heavy atom. The fraction of sp³-hybridized carbons (Fsp3) is 0.643. The van der Waals surface area contributed by atoms with Gasteiger partial charge in [-0.05, 0) is 30.9 Å². The molecule has 0 bridgehead atoms. The molecular formula is C14H20N2O2S. The molecule has 1 saturated heterocycles. The maximum Gasteiger partial charge on any atom is 0.263 e. The number of rotatable bonds is 3. The van der Waals surface area contributed by atoms with Gasteiger partial charge in [0.05, 0.1) is 17.6 Å². The zero-order valence-electron chi connectivity index (χ0n) is 11.3. The van der Waals surface area contributed by atoms with Gasteiger partial charge in [-0.3, -0.25) is 4.79 Å². The van der Waals surface area contributed by atoms with Gasteiger partial charge in [-0.1, -0.05) is 0 Å². The highest BCUT2D eigenvalue weighted by molar-refractivity contribution is 7.14. The summed E-state index contributed by atoms with van der Waals surface area (Å²) in [5.41, 5.74) is 1.39. The molecule has 1 aliphatic heterocycles. The average molecular weight is 280 g/mol. The standard InChI is InChI=1S/C14H20N2O2S/c1-16(9-11-8-15-5-6-18-11)14(17)13-7-10-3-2-4-12(10)19-13/h7,11,15H,2-6,8-9H2,1H3. The van der Waals surface area contributed by atoms with E-state index in [0.717, 1.165) is 37.4 Å². The Hall–Kier alpha value is -0.910. The predicted molar refractivity (Wildman–Crippen MR) is 75.9 cm³/mol. The number of hydrogen-bond acceptors (Lipinski definition) is 4. The molecular weight excluding hydrogens is 260 g/mol. The SMILES string of the molecule is CN(CC1CNCCO1)C(=O)c1cc2c(s1)CCC2. The van der Waals surface area contributed by atoms with Crippen LogP contribution in [0.4, 0.5) is 0 Å². The highest BCUT2D eigenvalue weighted by Crippen LogP contribution is 2.31. The van der Waals surface area contributed by atoms with Gasteiger partial charge in [0.1, 0.15) is 0 Å². The van der Waals surface area contributed by atoms with Crippen LogP contribution in [0.5, 0.6) is 0 Å². The first-order chi connectivity index (χ1) is 9.24. The van der Waals surface area contributed by atoms with Crippen LogP contribution in [-0.4, -0.2) is 50.2 Å². The topological polar surface area (TPSA) is 41.6 Å². The van der Waals surface area contributed by atoms with Crippen molar-refractivity contribution in [2.45, 2.75) is 25.4 Å². The lowest BCUT2D eigenvalue weighted by Gasteiger charge is -2.27. The van der Waals surface area contributed by atoms with Crippen LogP contribution in [0.1, 0.15) is 26.5 Å². The second-order valence-corrected chi connectivity index (χ2v) is 6.43. The first kappa shape index (κ1) is 13.1. The molecule has 1 fully saturated rings. The average Bonchev–Trinajstić information content (AvgIpc) is 2.99. The number of likely N-dealkylation sites (N-methyl/N-ethyl adjacent to an activating group) is 1. The molecule has 2 aliphatic rings. The summed E-state index contributed by atoms with van der Waals surface area (Å²) in [6, 6.07) is 2.09. The second kappa shape index (κ2) is 5.61. The summed E-state index contributed by atoms with van der Waals surface area (Å²) in [6.07, 6.45) is 3.65. The molecule has 5 heteroatoms. The number of nitrogens with one attached hydrogen (secondary N) is 1. The normalized spacial score (nSPS) is 22.3. The molecule has 3 rings (SSSR count). The van der Waals surface area contributed by atoms with E-state index in [9.17, 15) is 4.79 Å². The number of carbonyl (C=O) groups is 1. The van der Waals surface area contributed by atoms with Crippen LogP contribution in [0.15, 0.2) is 6.07 Å². The third-order valence-electron chi connectivity index (χ3n) is 3.79. The van der Waals surface area contributed by atoms with Gasteiger partial charge in [-0.25, -0.2) is 0 Å². The van der Waals surface area contributed by atoms with E-state index in [1.165, 1.54) is 16.9 Å². The maximum atomic E-state index is 12.4. The number of nitrogens with zero attached hydrogens (tertiary/aromatic N) is 1. The first-order valence-electron chi connectivity index (χ1n) is 6.93. The third-order valence-corrected chi connectivity index (χ3v) is 5.01. The molecule has 0 spiro atoms. The zero-order chi connectivity index (χ0) is 13.2. The Balaban J connectivity index is 1.62. The molecule has 0 aromatic carbocycles. The molecule has 1 N–H and O–H groups in total. The van der Waals surface area contributed by atoms with Gasteiger partial charge in [0.25, 0.3) is 5.91 Å². The molecule has 0 radical (unpaired) electrons. The van der Waals surface area contributed by atoms with Gasteiger partial charge < -0.3 is 15.0 Å². The molecule has 4 nitrogen and oxygen atoms in total. The van der Waals surface area contributed by atoms with Crippen molar-refractivity contribution in [3.8, 4) is 0 Å². The van der Waals surface area contributed by atoms with Crippen molar-refractivity contribution >= 4 is 17.2 Å². The fourth-order valence-electron chi connectivity index (χ4n) is 2.75. The van der Waals surface area contributed by atoms with E-state index in [1.807, 2.05) is 7.05 Å². The van der Waals surface area contributed by atoms with Crippen molar-refractivity contribution in [1.82, 2.24) is 10.2 Å². The van der Waals surface area contributed by atoms with E-state index in [2.05, 4.69) is 11.4 Å². The second-order valence-electron chi connectivity index (χ2n) is 5.30. The third kappa shape index (κ3) is 2.83. The monoisotopic (exact) mass is 280 g/mol. The zero-order valence-corrected chi connectivity index (χ0v) is 12.1. The van der Waals surface area contributed by atoms with Crippen molar-refractivity contribution in [1.29, 1.82) is 0 Å². The number of morpholine rings is 1. The Bertz CT molecular complexity index is 445. The van der Waals surface area contributed by atoms with Gasteiger partial charge in [0, 0.05) is 31.6 Å². The van der Waals surface area contributed by atoms with Crippen molar-refractivity contribution in [2.24, 2.45) is 0 Å². The van der Waals surface area contributed by atoms with Crippen LogP contribution < -0.4 is 5.32 Å². The number of thiophene rings is 1. The van der Waals surface area contributed by atoms with E-state index < -0.39 is 0 Å². The summed E-state index contributed by atoms with van der Waals surface area (Å²) in [5.74, 6) is 0.133. The number of fused-ring (bicyclic) bond motifs is 1. The molecule has 19 heavy (non-hydrogen) atoms. The van der Waals surface area contributed by atoms with Crippen LogP contribution in [-0.2, 0) is 17.6 Å². The van der Waals surface area contributed by atoms with Crippen molar-refractivity contribution in [2.75, 3.05) is 33.3 Å². The van der Waals surface area contributed by atoms with E-state index >= 15 is 0 Å². The number of amides is 1. The predicted octanol–water partition coefficient (Wildman–Crippen LogP) is 1.30. The first-order valence-corrected chi connectivity index (χ1v) is 7.75. The van der Waals surface area contributed by atoms with E-state index in [-0.39, 0.29) is 12.0 Å². The summed E-state index contributed by atoms with van der Waals surface area (Å²) in [6.45, 7) is 3.14. The van der Waals surface area contributed by atoms with Crippen LogP contribution >= 0.6 is 11.3 Å².